The van der Waals surface area contributed by atoms with E-state index in [0.29, 0.717) is 0 Å². The van der Waals surface area contributed by atoms with Crippen molar-refractivity contribution in [1.82, 2.24) is 25.5 Å². The van der Waals surface area contributed by atoms with Crippen LogP contribution in [0.4, 0.5) is 0 Å². The third-order valence-corrected chi connectivity index (χ3v) is 2.61. The van der Waals surface area contributed by atoms with Crippen LogP contribution in [0.25, 0.3) is 0 Å². The molecule has 0 aliphatic heterocycles. The Morgan fingerprint density at radius 3 is 2.93 bits per heavy atom. The summed E-state index contributed by atoms with van der Waals surface area (Å²) in [5.41, 5.74) is 1.17. The molecule has 15 heavy (non-hydrogen) atoms. The maximum Gasteiger partial charge on any atom is 0.189 e. The first-order chi connectivity index (χ1) is 7.38. The van der Waals surface area contributed by atoms with Gasteiger partial charge in [-0.05, 0) is 30.4 Å². The van der Waals surface area contributed by atoms with Crippen LogP contribution in [-0.4, -0.2) is 27.2 Å². The van der Waals surface area contributed by atoms with Gasteiger partial charge in [0.15, 0.2) is 5.16 Å². The molecule has 0 aliphatic rings. The number of aromatic nitrogens is 4. The van der Waals surface area contributed by atoms with E-state index in [1.165, 1.54) is 23.7 Å². The van der Waals surface area contributed by atoms with Crippen LogP contribution in [0.1, 0.15) is 5.56 Å². The highest BCUT2D eigenvalue weighted by atomic mass is 32.2. The topological polar surface area (TPSA) is 66.5 Å². The van der Waals surface area contributed by atoms with Gasteiger partial charge in [0.1, 0.15) is 11.4 Å². The first-order valence-electron chi connectivity index (χ1n) is 4.51. The Labute approximate surface area is 91.7 Å². The van der Waals surface area contributed by atoms with Gasteiger partial charge in [0.25, 0.3) is 0 Å². The summed E-state index contributed by atoms with van der Waals surface area (Å²) in [6.07, 6.45) is 3.34. The molecule has 0 spiro atoms. The molecule has 6 heteroatoms. The number of hydrogen-bond donors (Lipinski definition) is 2. The van der Waals surface area contributed by atoms with E-state index in [4.69, 9.17) is 0 Å². The average Bonchev–Trinajstić information content (AvgIpc) is 2.74. The quantitative estimate of drug-likeness (QED) is 0.808. The molecule has 2 aromatic rings. The lowest BCUT2D eigenvalue weighted by molar-refractivity contribution is 0.809. The van der Waals surface area contributed by atoms with E-state index in [9.17, 15) is 0 Å². The zero-order valence-electron chi connectivity index (χ0n) is 8.27. The summed E-state index contributed by atoms with van der Waals surface area (Å²) in [6.45, 7) is 0.834. The van der Waals surface area contributed by atoms with Crippen LogP contribution < -0.4 is 5.32 Å². The van der Waals surface area contributed by atoms with Crippen LogP contribution >= 0.6 is 11.8 Å². The SMILES string of the molecule is CNCc1ccc(Sc2ncn[nH]2)nc1. The van der Waals surface area contributed by atoms with E-state index in [1.54, 1.807) is 0 Å². The maximum absolute atomic E-state index is 4.31. The lowest BCUT2D eigenvalue weighted by atomic mass is 10.3. The van der Waals surface area contributed by atoms with Gasteiger partial charge in [0.2, 0.25) is 0 Å². The Morgan fingerprint density at radius 1 is 1.40 bits per heavy atom. The second-order valence-electron chi connectivity index (χ2n) is 2.93. The first-order valence-corrected chi connectivity index (χ1v) is 5.33. The lowest BCUT2D eigenvalue weighted by Crippen LogP contribution is -2.05. The van der Waals surface area contributed by atoms with Crippen LogP contribution in [0.5, 0.6) is 0 Å². The number of rotatable bonds is 4. The van der Waals surface area contributed by atoms with Gasteiger partial charge in [-0.15, -0.1) is 0 Å². The van der Waals surface area contributed by atoms with Crippen molar-refractivity contribution in [2.24, 2.45) is 0 Å². The van der Waals surface area contributed by atoms with Crippen molar-refractivity contribution in [2.75, 3.05) is 7.05 Å². The number of H-pyrrole nitrogens is 1. The number of nitrogens with zero attached hydrogens (tertiary/aromatic N) is 3. The highest BCUT2D eigenvalue weighted by molar-refractivity contribution is 7.99. The van der Waals surface area contributed by atoms with Gasteiger partial charge in [-0.2, -0.15) is 5.10 Å². The molecule has 0 aliphatic carbocycles. The number of aromatic amines is 1. The number of pyridine rings is 1. The molecule has 2 rings (SSSR count). The third-order valence-electron chi connectivity index (χ3n) is 1.77. The summed E-state index contributed by atoms with van der Waals surface area (Å²) < 4.78 is 0. The van der Waals surface area contributed by atoms with Crippen LogP contribution in [0, 0.1) is 0 Å². The summed E-state index contributed by atoms with van der Waals surface area (Å²) in [7, 11) is 1.91. The zero-order valence-corrected chi connectivity index (χ0v) is 9.08. The molecule has 0 unspecified atom stereocenters. The van der Waals surface area contributed by atoms with Crippen LogP contribution in [-0.2, 0) is 6.54 Å². The van der Waals surface area contributed by atoms with Crippen molar-refractivity contribution in [3.63, 3.8) is 0 Å². The van der Waals surface area contributed by atoms with Crippen molar-refractivity contribution in [3.05, 3.63) is 30.2 Å². The second kappa shape index (κ2) is 4.90. The molecule has 0 aromatic carbocycles. The second-order valence-corrected chi connectivity index (χ2v) is 3.94. The standard InChI is InChI=1S/C9H11N5S/c1-10-4-7-2-3-8(11-5-7)15-9-12-6-13-14-9/h2-3,5-6,10H,4H2,1H3,(H,12,13,14). The summed E-state index contributed by atoms with van der Waals surface area (Å²) in [4.78, 5) is 8.32. The molecule has 5 nitrogen and oxygen atoms in total. The Kier molecular flexibility index (Phi) is 3.31. The Bertz CT molecular complexity index is 397. The van der Waals surface area contributed by atoms with Crippen molar-refractivity contribution in [1.29, 1.82) is 0 Å². The maximum atomic E-state index is 4.31. The van der Waals surface area contributed by atoms with Gasteiger partial charge < -0.3 is 5.32 Å². The minimum absolute atomic E-state index is 0.754. The van der Waals surface area contributed by atoms with Crippen molar-refractivity contribution < 1.29 is 0 Å². The fourth-order valence-corrected chi connectivity index (χ4v) is 1.76. The molecule has 0 saturated carbocycles. The van der Waals surface area contributed by atoms with E-state index in [-0.39, 0.29) is 0 Å². The summed E-state index contributed by atoms with van der Waals surface area (Å²) in [5, 5.41) is 11.3. The normalized spacial score (nSPS) is 10.5. The summed E-state index contributed by atoms with van der Waals surface area (Å²) >= 11 is 1.46. The Balaban J connectivity index is 2.04. The van der Waals surface area contributed by atoms with Gasteiger partial charge in [0, 0.05) is 12.7 Å². The fourth-order valence-electron chi connectivity index (χ4n) is 1.12. The third kappa shape index (κ3) is 2.77. The van der Waals surface area contributed by atoms with E-state index >= 15 is 0 Å². The molecular weight excluding hydrogens is 210 g/mol. The first kappa shape index (κ1) is 10.1. The largest absolute Gasteiger partial charge is 0.316 e. The van der Waals surface area contributed by atoms with Gasteiger partial charge in [0.05, 0.1) is 0 Å². The molecule has 0 atom stereocenters. The molecular formula is C9H11N5S. The van der Waals surface area contributed by atoms with Gasteiger partial charge in [-0.1, -0.05) is 6.07 Å². The zero-order chi connectivity index (χ0) is 10.5. The predicted molar refractivity (Wildman–Crippen MR) is 57.5 cm³/mol. The minimum Gasteiger partial charge on any atom is -0.316 e. The van der Waals surface area contributed by atoms with E-state index < -0.39 is 0 Å². The molecule has 0 saturated heterocycles. The smallest absolute Gasteiger partial charge is 0.189 e. The molecule has 2 aromatic heterocycles. The van der Waals surface area contributed by atoms with Gasteiger partial charge in [-0.25, -0.2) is 9.97 Å². The minimum atomic E-state index is 0.754. The molecule has 0 bridgehead atoms. The molecule has 2 heterocycles. The van der Waals surface area contributed by atoms with Crippen molar-refractivity contribution >= 4 is 11.8 Å². The monoisotopic (exact) mass is 221 g/mol. The van der Waals surface area contributed by atoms with Gasteiger partial charge >= 0.3 is 0 Å². The lowest BCUT2D eigenvalue weighted by Gasteiger charge is -2.00. The number of nitrogens with one attached hydrogen (secondary N) is 2. The average molecular weight is 221 g/mol. The molecule has 78 valence electrons. The highest BCUT2D eigenvalue weighted by Crippen LogP contribution is 2.21. The van der Waals surface area contributed by atoms with Crippen molar-refractivity contribution in [3.8, 4) is 0 Å². The Morgan fingerprint density at radius 2 is 2.33 bits per heavy atom. The van der Waals surface area contributed by atoms with E-state index in [0.717, 1.165) is 16.7 Å². The van der Waals surface area contributed by atoms with Crippen molar-refractivity contribution in [2.45, 2.75) is 16.7 Å². The molecule has 0 amide bonds. The fraction of sp³-hybridized carbons (Fsp3) is 0.222. The van der Waals surface area contributed by atoms with Crippen LogP contribution in [0.15, 0.2) is 34.8 Å². The highest BCUT2D eigenvalue weighted by Gasteiger charge is 2.00. The molecule has 0 radical (unpaired) electrons. The number of hydrogen-bond acceptors (Lipinski definition) is 5. The van der Waals surface area contributed by atoms with E-state index in [1.807, 2.05) is 25.4 Å². The summed E-state index contributed by atoms with van der Waals surface area (Å²) in [5.74, 6) is 0. The molecule has 2 N–H and O–H groups in total. The van der Waals surface area contributed by atoms with Gasteiger partial charge in [-0.3, -0.25) is 5.10 Å². The van der Waals surface area contributed by atoms with Crippen LogP contribution in [0.2, 0.25) is 0 Å². The van der Waals surface area contributed by atoms with E-state index in [2.05, 4.69) is 25.5 Å². The predicted octanol–water partition coefficient (Wildman–Crippen LogP) is 1.07. The van der Waals surface area contributed by atoms with Crippen LogP contribution in [0.3, 0.4) is 0 Å². The summed E-state index contributed by atoms with van der Waals surface area (Å²) in [6, 6.07) is 4.02. The Hall–Kier alpha value is -1.40. The molecule has 0 fully saturated rings.